The van der Waals surface area contributed by atoms with Gasteiger partial charge < -0.3 is 15.1 Å². The van der Waals surface area contributed by atoms with E-state index in [4.69, 9.17) is 5.11 Å². The Balaban J connectivity index is 2.45. The summed E-state index contributed by atoms with van der Waals surface area (Å²) in [6.07, 6.45) is 3.51. The van der Waals surface area contributed by atoms with E-state index < -0.39 is 11.6 Å². The molecule has 0 aromatic heterocycles. The van der Waals surface area contributed by atoms with Gasteiger partial charge in [-0.2, -0.15) is 0 Å². The number of carboxylic acids is 1. The summed E-state index contributed by atoms with van der Waals surface area (Å²) in [4.78, 5) is 13.1. The van der Waals surface area contributed by atoms with Crippen LogP contribution in [0.2, 0.25) is 0 Å². The van der Waals surface area contributed by atoms with E-state index in [1.807, 2.05) is 7.05 Å². The summed E-state index contributed by atoms with van der Waals surface area (Å²) in [5, 5.41) is 19.6. The van der Waals surface area contributed by atoms with Crippen molar-refractivity contribution in [2.24, 2.45) is 11.8 Å². The van der Waals surface area contributed by atoms with E-state index in [-0.39, 0.29) is 5.92 Å². The van der Waals surface area contributed by atoms with E-state index in [1.165, 1.54) is 0 Å². The topological polar surface area (TPSA) is 60.8 Å². The largest absolute Gasteiger partial charge is 0.481 e. The van der Waals surface area contributed by atoms with Crippen LogP contribution < -0.4 is 0 Å². The molecule has 1 fully saturated rings. The van der Waals surface area contributed by atoms with Crippen molar-refractivity contribution >= 4 is 5.97 Å². The third-order valence-corrected chi connectivity index (χ3v) is 4.37. The van der Waals surface area contributed by atoms with E-state index in [9.17, 15) is 9.90 Å². The predicted molar refractivity (Wildman–Crippen MR) is 76.1 cm³/mol. The van der Waals surface area contributed by atoms with Crippen LogP contribution in [-0.2, 0) is 4.79 Å². The number of hydrogen-bond acceptors (Lipinski definition) is 3. The minimum Gasteiger partial charge on any atom is -0.481 e. The van der Waals surface area contributed by atoms with Crippen LogP contribution in [0, 0.1) is 11.8 Å². The van der Waals surface area contributed by atoms with Crippen LogP contribution >= 0.6 is 0 Å². The Hall–Kier alpha value is -0.610. The van der Waals surface area contributed by atoms with E-state index in [2.05, 4.69) is 25.7 Å². The van der Waals surface area contributed by atoms with Crippen molar-refractivity contribution < 1.29 is 15.0 Å². The van der Waals surface area contributed by atoms with Crippen molar-refractivity contribution in [3.8, 4) is 0 Å². The molecule has 4 nitrogen and oxygen atoms in total. The number of aliphatic hydroxyl groups is 1. The van der Waals surface area contributed by atoms with Gasteiger partial charge in [-0.25, -0.2) is 0 Å². The summed E-state index contributed by atoms with van der Waals surface area (Å²) in [7, 11) is 2.05. The Morgan fingerprint density at radius 1 is 1.32 bits per heavy atom. The molecule has 0 amide bonds. The highest BCUT2D eigenvalue weighted by atomic mass is 16.4. The van der Waals surface area contributed by atoms with Crippen molar-refractivity contribution in [3.63, 3.8) is 0 Å². The summed E-state index contributed by atoms with van der Waals surface area (Å²) in [6, 6.07) is 0.446. The highest BCUT2D eigenvalue weighted by Crippen LogP contribution is 2.33. The molecular formula is C15H29NO3. The molecule has 112 valence electrons. The van der Waals surface area contributed by atoms with Gasteiger partial charge in [0.25, 0.3) is 0 Å². The van der Waals surface area contributed by atoms with Crippen molar-refractivity contribution in [3.05, 3.63) is 0 Å². The van der Waals surface area contributed by atoms with Gasteiger partial charge in [-0.15, -0.1) is 0 Å². The van der Waals surface area contributed by atoms with Crippen molar-refractivity contribution in [1.29, 1.82) is 0 Å². The lowest BCUT2D eigenvalue weighted by Gasteiger charge is -2.39. The first-order valence-corrected chi connectivity index (χ1v) is 7.39. The summed E-state index contributed by atoms with van der Waals surface area (Å²) in [5.41, 5.74) is -0.702. The molecule has 0 bridgehead atoms. The average Bonchev–Trinajstić information content (AvgIpc) is 2.27. The fourth-order valence-electron chi connectivity index (χ4n) is 3.04. The lowest BCUT2D eigenvalue weighted by atomic mass is 9.78. The summed E-state index contributed by atoms with van der Waals surface area (Å²) < 4.78 is 0. The van der Waals surface area contributed by atoms with Crippen LogP contribution in [0.1, 0.15) is 52.9 Å². The molecule has 0 saturated heterocycles. The zero-order valence-electron chi connectivity index (χ0n) is 12.7. The second-order valence-electron chi connectivity index (χ2n) is 6.73. The molecule has 1 saturated carbocycles. The molecule has 1 aliphatic carbocycles. The van der Waals surface area contributed by atoms with E-state index >= 15 is 0 Å². The minimum atomic E-state index is -0.719. The number of aliphatic carboxylic acids is 1. The van der Waals surface area contributed by atoms with Gasteiger partial charge in [0.05, 0.1) is 11.5 Å². The predicted octanol–water partition coefficient (Wildman–Crippen LogP) is 2.36. The molecule has 0 heterocycles. The van der Waals surface area contributed by atoms with Gasteiger partial charge >= 0.3 is 5.97 Å². The molecule has 1 unspecified atom stereocenters. The molecule has 1 atom stereocenters. The lowest BCUT2D eigenvalue weighted by Crippen LogP contribution is -2.47. The Bertz CT molecular complexity index is 296. The number of hydrogen-bond donors (Lipinski definition) is 2. The monoisotopic (exact) mass is 271 g/mol. The molecule has 19 heavy (non-hydrogen) atoms. The Labute approximate surface area is 116 Å². The fraction of sp³-hybridized carbons (Fsp3) is 0.933. The molecular weight excluding hydrogens is 242 g/mol. The highest BCUT2D eigenvalue weighted by molar-refractivity contribution is 5.70. The first kappa shape index (κ1) is 16.4. The Morgan fingerprint density at radius 3 is 2.26 bits per heavy atom. The van der Waals surface area contributed by atoms with Crippen LogP contribution in [0.5, 0.6) is 0 Å². The standard InChI is InChI=1S/C15H29NO3/c1-11(2)9-12(3)16(4)10-15(19)7-5-13(6-8-15)14(17)18/h11-13,19H,5-10H2,1-4H3,(H,17,18). The normalized spacial score (nSPS) is 29.7. The smallest absolute Gasteiger partial charge is 0.306 e. The second-order valence-corrected chi connectivity index (χ2v) is 6.73. The Morgan fingerprint density at radius 2 is 1.84 bits per heavy atom. The average molecular weight is 271 g/mol. The van der Waals surface area contributed by atoms with Gasteiger partial charge in [0, 0.05) is 12.6 Å². The number of likely N-dealkylation sites (N-methyl/N-ethyl adjacent to an activating group) is 1. The fourth-order valence-corrected chi connectivity index (χ4v) is 3.04. The highest BCUT2D eigenvalue weighted by Gasteiger charge is 2.37. The van der Waals surface area contributed by atoms with Crippen molar-refractivity contribution in [2.45, 2.75) is 64.5 Å². The molecule has 0 spiro atoms. The van der Waals surface area contributed by atoms with Crippen molar-refractivity contribution in [2.75, 3.05) is 13.6 Å². The van der Waals surface area contributed by atoms with E-state index in [0.717, 1.165) is 6.42 Å². The number of carbonyl (C=O) groups is 1. The Kier molecular flexibility index (Phi) is 5.81. The quantitative estimate of drug-likeness (QED) is 0.778. The van der Waals surface area contributed by atoms with Crippen LogP contribution in [-0.4, -0.2) is 46.3 Å². The molecule has 0 radical (unpaired) electrons. The number of carboxylic acid groups (broad SMARTS) is 1. The summed E-state index contributed by atoms with van der Waals surface area (Å²) in [5.74, 6) is -0.336. The van der Waals surface area contributed by atoms with Gasteiger partial charge in [0.15, 0.2) is 0 Å². The van der Waals surface area contributed by atoms with Gasteiger partial charge in [-0.05, 0) is 52.0 Å². The number of rotatable bonds is 6. The molecule has 0 aromatic carbocycles. The molecule has 1 rings (SSSR count). The first-order chi connectivity index (χ1) is 8.73. The van der Waals surface area contributed by atoms with Crippen LogP contribution in [0.15, 0.2) is 0 Å². The van der Waals surface area contributed by atoms with E-state index in [0.29, 0.717) is 44.2 Å². The van der Waals surface area contributed by atoms with Crippen LogP contribution in [0.25, 0.3) is 0 Å². The molecule has 4 heteroatoms. The zero-order valence-corrected chi connectivity index (χ0v) is 12.7. The summed E-state index contributed by atoms with van der Waals surface area (Å²) in [6.45, 7) is 7.24. The second kappa shape index (κ2) is 6.71. The maximum absolute atomic E-state index is 10.9. The zero-order chi connectivity index (χ0) is 14.6. The van der Waals surface area contributed by atoms with Gasteiger partial charge in [0.1, 0.15) is 0 Å². The van der Waals surface area contributed by atoms with Gasteiger partial charge in [0.2, 0.25) is 0 Å². The maximum Gasteiger partial charge on any atom is 0.306 e. The van der Waals surface area contributed by atoms with Crippen LogP contribution in [0.3, 0.4) is 0 Å². The number of nitrogens with zero attached hydrogens (tertiary/aromatic N) is 1. The first-order valence-electron chi connectivity index (χ1n) is 7.39. The van der Waals surface area contributed by atoms with E-state index in [1.54, 1.807) is 0 Å². The van der Waals surface area contributed by atoms with Gasteiger partial charge in [-0.3, -0.25) is 4.79 Å². The van der Waals surface area contributed by atoms with Crippen molar-refractivity contribution in [1.82, 2.24) is 4.90 Å². The summed E-state index contributed by atoms with van der Waals surface area (Å²) >= 11 is 0. The minimum absolute atomic E-state index is 0.265. The molecule has 0 aromatic rings. The lowest BCUT2D eigenvalue weighted by molar-refractivity contribution is -0.145. The third-order valence-electron chi connectivity index (χ3n) is 4.37. The third kappa shape index (κ3) is 5.11. The van der Waals surface area contributed by atoms with Crippen LogP contribution in [0.4, 0.5) is 0 Å². The van der Waals surface area contributed by atoms with Gasteiger partial charge in [-0.1, -0.05) is 13.8 Å². The molecule has 2 N–H and O–H groups in total. The maximum atomic E-state index is 10.9. The molecule has 1 aliphatic rings. The SMILES string of the molecule is CC(C)CC(C)N(C)CC1(O)CCC(C(=O)O)CC1. The molecule has 0 aliphatic heterocycles.